The second kappa shape index (κ2) is 8.01. The van der Waals surface area contributed by atoms with Gasteiger partial charge in [-0.25, -0.2) is 0 Å². The van der Waals surface area contributed by atoms with Gasteiger partial charge in [0.05, 0.1) is 11.0 Å². The Morgan fingerprint density at radius 3 is 2.63 bits per heavy atom. The number of amides is 1. The van der Waals surface area contributed by atoms with Crippen molar-refractivity contribution in [1.29, 1.82) is 0 Å². The molecule has 7 heteroatoms. The quantitative estimate of drug-likeness (QED) is 0.624. The molecule has 140 valence electrons. The predicted molar refractivity (Wildman–Crippen MR) is 103 cm³/mol. The molecule has 2 N–H and O–H groups in total. The molecule has 0 fully saturated rings. The molecular weight excluding hydrogens is 346 g/mol. The van der Waals surface area contributed by atoms with E-state index >= 15 is 0 Å². The van der Waals surface area contributed by atoms with Crippen molar-refractivity contribution >= 4 is 22.9 Å². The summed E-state index contributed by atoms with van der Waals surface area (Å²) in [6.45, 7) is 3.20. The smallest absolute Gasteiger partial charge is 0.271 e. The zero-order valence-electron chi connectivity index (χ0n) is 15.0. The van der Waals surface area contributed by atoms with Gasteiger partial charge in [0, 0.05) is 30.9 Å². The maximum absolute atomic E-state index is 12.5. The Kier molecular flexibility index (Phi) is 5.52. The van der Waals surface area contributed by atoms with Crippen molar-refractivity contribution < 1.29 is 14.8 Å². The number of nitrogens with one attached hydrogen (secondary N) is 1. The Balaban J connectivity index is 1.62. The van der Waals surface area contributed by atoms with Crippen LogP contribution in [-0.2, 0) is 4.79 Å². The average Bonchev–Trinajstić information content (AvgIpc) is 2.68. The topological polar surface area (TPSA) is 95.7 Å². The van der Waals surface area contributed by atoms with Gasteiger partial charge in [0.15, 0.2) is 0 Å². The van der Waals surface area contributed by atoms with E-state index in [0.29, 0.717) is 12.2 Å². The SMILES string of the molecule is CC(C(=O)Nc1cccc([N+](=O)[O-])c1)N1CC=C(c2ccc(O)cc2)CC1. The maximum Gasteiger partial charge on any atom is 0.271 e. The van der Waals surface area contributed by atoms with Gasteiger partial charge in [-0.15, -0.1) is 0 Å². The molecule has 7 nitrogen and oxygen atoms in total. The van der Waals surface area contributed by atoms with Crippen LogP contribution in [0.3, 0.4) is 0 Å². The summed E-state index contributed by atoms with van der Waals surface area (Å²) in [5.74, 6) is 0.0419. The van der Waals surface area contributed by atoms with Gasteiger partial charge in [-0.2, -0.15) is 0 Å². The molecule has 0 aromatic heterocycles. The fraction of sp³-hybridized carbons (Fsp3) is 0.250. The lowest BCUT2D eigenvalue weighted by atomic mass is 9.98. The zero-order chi connectivity index (χ0) is 19.4. The van der Waals surface area contributed by atoms with Crippen LogP contribution in [0.1, 0.15) is 18.9 Å². The number of carbonyl (C=O) groups excluding carboxylic acids is 1. The van der Waals surface area contributed by atoms with Gasteiger partial charge in [0.25, 0.3) is 5.69 Å². The second-order valence-corrected chi connectivity index (χ2v) is 6.49. The van der Waals surface area contributed by atoms with Crippen LogP contribution in [0.5, 0.6) is 5.75 Å². The number of nitro benzene ring substituents is 1. The van der Waals surface area contributed by atoms with Crippen molar-refractivity contribution in [3.63, 3.8) is 0 Å². The summed E-state index contributed by atoms with van der Waals surface area (Å²) < 4.78 is 0. The minimum absolute atomic E-state index is 0.0556. The molecule has 2 aromatic rings. The summed E-state index contributed by atoms with van der Waals surface area (Å²) in [7, 11) is 0. The first-order valence-corrected chi connectivity index (χ1v) is 8.72. The lowest BCUT2D eigenvalue weighted by Crippen LogP contribution is -2.44. The fourth-order valence-electron chi connectivity index (χ4n) is 3.08. The first kappa shape index (κ1) is 18.6. The number of anilines is 1. The van der Waals surface area contributed by atoms with E-state index in [0.717, 1.165) is 18.5 Å². The Bertz CT molecular complexity index is 877. The molecule has 0 radical (unpaired) electrons. The number of hydrogen-bond donors (Lipinski definition) is 2. The van der Waals surface area contributed by atoms with Crippen molar-refractivity contribution in [3.05, 3.63) is 70.3 Å². The molecule has 0 aliphatic carbocycles. The first-order valence-electron chi connectivity index (χ1n) is 8.72. The molecule has 3 rings (SSSR count). The lowest BCUT2D eigenvalue weighted by molar-refractivity contribution is -0.384. The number of non-ortho nitro benzene ring substituents is 1. The van der Waals surface area contributed by atoms with Crippen LogP contribution < -0.4 is 5.32 Å². The molecule has 1 aliphatic rings. The van der Waals surface area contributed by atoms with E-state index < -0.39 is 4.92 Å². The highest BCUT2D eigenvalue weighted by Gasteiger charge is 2.23. The first-order chi connectivity index (χ1) is 12.9. The predicted octanol–water partition coefficient (Wildman–Crippen LogP) is 3.42. The number of aromatic hydroxyl groups is 1. The third kappa shape index (κ3) is 4.51. The lowest BCUT2D eigenvalue weighted by Gasteiger charge is -2.31. The van der Waals surface area contributed by atoms with Crippen LogP contribution in [0.25, 0.3) is 5.57 Å². The van der Waals surface area contributed by atoms with E-state index in [1.54, 1.807) is 24.3 Å². The number of rotatable bonds is 5. The molecule has 27 heavy (non-hydrogen) atoms. The van der Waals surface area contributed by atoms with Crippen LogP contribution in [0.15, 0.2) is 54.6 Å². The summed E-state index contributed by atoms with van der Waals surface area (Å²) in [5.41, 5.74) is 2.62. The maximum atomic E-state index is 12.5. The molecule has 1 unspecified atom stereocenters. The number of benzene rings is 2. The summed E-state index contributed by atoms with van der Waals surface area (Å²) >= 11 is 0. The second-order valence-electron chi connectivity index (χ2n) is 6.49. The summed E-state index contributed by atoms with van der Waals surface area (Å²) in [4.78, 5) is 24.9. The fourth-order valence-corrected chi connectivity index (χ4v) is 3.08. The number of hydrogen-bond acceptors (Lipinski definition) is 5. The van der Waals surface area contributed by atoms with Crippen molar-refractivity contribution in [2.24, 2.45) is 0 Å². The highest BCUT2D eigenvalue weighted by atomic mass is 16.6. The van der Waals surface area contributed by atoms with E-state index in [-0.39, 0.29) is 23.4 Å². The van der Waals surface area contributed by atoms with E-state index in [2.05, 4.69) is 16.3 Å². The van der Waals surface area contributed by atoms with Gasteiger partial charge < -0.3 is 10.4 Å². The monoisotopic (exact) mass is 367 g/mol. The van der Waals surface area contributed by atoms with Crippen LogP contribution >= 0.6 is 0 Å². The minimum Gasteiger partial charge on any atom is -0.508 e. The Morgan fingerprint density at radius 2 is 2.00 bits per heavy atom. The normalized spacial score (nSPS) is 15.7. The van der Waals surface area contributed by atoms with E-state index in [1.807, 2.05) is 19.1 Å². The molecule has 0 bridgehead atoms. The summed E-state index contributed by atoms with van der Waals surface area (Å²) in [6, 6.07) is 12.7. The molecular formula is C20H21N3O4. The van der Waals surface area contributed by atoms with Crippen molar-refractivity contribution in [2.75, 3.05) is 18.4 Å². The van der Waals surface area contributed by atoms with Crippen molar-refractivity contribution in [2.45, 2.75) is 19.4 Å². The highest BCUT2D eigenvalue weighted by molar-refractivity contribution is 5.94. The van der Waals surface area contributed by atoms with Gasteiger partial charge in [-0.3, -0.25) is 19.8 Å². The Labute approximate surface area is 157 Å². The van der Waals surface area contributed by atoms with Crippen LogP contribution in [0, 0.1) is 10.1 Å². The number of phenols is 1. The number of phenolic OH excluding ortho intramolecular Hbond substituents is 1. The molecule has 1 atom stereocenters. The largest absolute Gasteiger partial charge is 0.508 e. The van der Waals surface area contributed by atoms with E-state index in [4.69, 9.17) is 0 Å². The standard InChI is InChI=1S/C20H21N3O4/c1-14(20(25)21-17-3-2-4-18(13-17)23(26)27)22-11-9-16(10-12-22)15-5-7-19(24)8-6-15/h2-9,13-14,24H,10-12H2,1H3,(H,21,25). The third-order valence-electron chi connectivity index (χ3n) is 4.73. The number of nitrogens with zero attached hydrogens (tertiary/aromatic N) is 2. The average molecular weight is 367 g/mol. The zero-order valence-corrected chi connectivity index (χ0v) is 15.0. The van der Waals surface area contributed by atoms with Crippen LogP contribution in [0.2, 0.25) is 0 Å². The van der Waals surface area contributed by atoms with Gasteiger partial charge >= 0.3 is 0 Å². The molecule has 0 spiro atoms. The molecule has 2 aromatic carbocycles. The Hall–Kier alpha value is -3.19. The van der Waals surface area contributed by atoms with Gasteiger partial charge in [0.1, 0.15) is 5.75 Å². The van der Waals surface area contributed by atoms with Crippen molar-refractivity contribution in [1.82, 2.24) is 4.90 Å². The number of nitro groups is 1. The molecule has 0 saturated heterocycles. The number of carbonyl (C=O) groups is 1. The van der Waals surface area contributed by atoms with Crippen molar-refractivity contribution in [3.8, 4) is 5.75 Å². The molecule has 1 aliphatic heterocycles. The Morgan fingerprint density at radius 1 is 1.26 bits per heavy atom. The van der Waals surface area contributed by atoms with Crippen LogP contribution in [0.4, 0.5) is 11.4 Å². The molecule has 1 amide bonds. The summed E-state index contributed by atoms with van der Waals surface area (Å²) in [6.07, 6.45) is 2.90. The van der Waals surface area contributed by atoms with Crippen LogP contribution in [-0.4, -0.2) is 40.0 Å². The highest BCUT2D eigenvalue weighted by Crippen LogP contribution is 2.25. The third-order valence-corrected chi connectivity index (χ3v) is 4.73. The van der Waals surface area contributed by atoms with Gasteiger partial charge in [0.2, 0.25) is 5.91 Å². The summed E-state index contributed by atoms with van der Waals surface area (Å²) in [5, 5.41) is 23.0. The minimum atomic E-state index is -0.487. The van der Waals surface area contributed by atoms with Gasteiger partial charge in [-0.1, -0.05) is 24.3 Å². The molecule has 0 saturated carbocycles. The van der Waals surface area contributed by atoms with E-state index in [9.17, 15) is 20.0 Å². The van der Waals surface area contributed by atoms with Gasteiger partial charge in [-0.05, 0) is 42.7 Å². The van der Waals surface area contributed by atoms with E-state index in [1.165, 1.54) is 17.7 Å². The molecule has 1 heterocycles.